The highest BCUT2D eigenvalue weighted by Crippen LogP contribution is 2.29. The van der Waals surface area contributed by atoms with Gasteiger partial charge in [-0.3, -0.25) is 4.79 Å². The van der Waals surface area contributed by atoms with E-state index in [-0.39, 0.29) is 11.8 Å². The molecule has 0 saturated heterocycles. The molecule has 29 heavy (non-hydrogen) atoms. The van der Waals surface area contributed by atoms with Crippen molar-refractivity contribution in [2.75, 3.05) is 0 Å². The summed E-state index contributed by atoms with van der Waals surface area (Å²) in [6, 6.07) is 28.4. The summed E-state index contributed by atoms with van der Waals surface area (Å²) in [5.74, 6) is -0.199. The number of aryl methyl sites for hydroxylation is 1. The molecule has 0 saturated carbocycles. The molecule has 1 amide bonds. The first-order valence-electron chi connectivity index (χ1n) is 9.73. The average Bonchev–Trinajstić information content (AvgIpc) is 3.41. The number of aromatic nitrogens is 1. The zero-order valence-electron chi connectivity index (χ0n) is 16.4. The minimum atomic E-state index is -0.322. The summed E-state index contributed by atoms with van der Waals surface area (Å²) >= 11 is 1.69. The SMILES string of the molecule is Cn1cccc1CN(Cc1cccs1)C(=O)C(c1ccccc1)c1ccccc1. The van der Waals surface area contributed by atoms with Gasteiger partial charge in [0.15, 0.2) is 0 Å². The molecule has 2 heterocycles. The van der Waals surface area contributed by atoms with Crippen LogP contribution in [-0.4, -0.2) is 15.4 Å². The largest absolute Gasteiger partial charge is 0.353 e. The number of rotatable bonds is 7. The molecule has 0 unspecified atom stereocenters. The maximum atomic E-state index is 13.9. The van der Waals surface area contributed by atoms with Crippen molar-refractivity contribution in [3.8, 4) is 0 Å². The molecule has 0 N–H and O–H groups in total. The summed E-state index contributed by atoms with van der Waals surface area (Å²) in [5.41, 5.74) is 3.16. The van der Waals surface area contributed by atoms with E-state index in [1.807, 2.05) is 90.9 Å². The molecule has 4 rings (SSSR count). The van der Waals surface area contributed by atoms with Gasteiger partial charge in [0.25, 0.3) is 0 Å². The van der Waals surface area contributed by atoms with Crippen molar-refractivity contribution in [2.45, 2.75) is 19.0 Å². The Balaban J connectivity index is 1.72. The van der Waals surface area contributed by atoms with E-state index in [2.05, 4.69) is 22.1 Å². The summed E-state index contributed by atoms with van der Waals surface area (Å²) in [6.45, 7) is 1.19. The number of benzene rings is 2. The zero-order chi connectivity index (χ0) is 20.1. The zero-order valence-corrected chi connectivity index (χ0v) is 17.3. The second kappa shape index (κ2) is 8.93. The summed E-state index contributed by atoms with van der Waals surface area (Å²) in [4.78, 5) is 17.1. The number of thiophene rings is 1. The normalized spacial score (nSPS) is 11.0. The quantitative estimate of drug-likeness (QED) is 0.405. The Morgan fingerprint density at radius 2 is 1.52 bits per heavy atom. The Morgan fingerprint density at radius 1 is 0.862 bits per heavy atom. The molecule has 4 heteroatoms. The first kappa shape index (κ1) is 19.2. The lowest BCUT2D eigenvalue weighted by molar-refractivity contribution is -0.133. The van der Waals surface area contributed by atoms with Crippen LogP contribution in [0.1, 0.15) is 27.6 Å². The van der Waals surface area contributed by atoms with Crippen molar-refractivity contribution in [1.82, 2.24) is 9.47 Å². The molecular weight excluding hydrogens is 376 g/mol. The van der Waals surface area contributed by atoms with Gasteiger partial charge in [-0.05, 0) is 34.7 Å². The van der Waals surface area contributed by atoms with Crippen LogP contribution < -0.4 is 0 Å². The van der Waals surface area contributed by atoms with E-state index in [9.17, 15) is 4.79 Å². The lowest BCUT2D eigenvalue weighted by Crippen LogP contribution is -2.35. The fourth-order valence-corrected chi connectivity index (χ4v) is 4.33. The van der Waals surface area contributed by atoms with Crippen LogP contribution in [0, 0.1) is 0 Å². The van der Waals surface area contributed by atoms with E-state index in [1.165, 1.54) is 4.88 Å². The van der Waals surface area contributed by atoms with Gasteiger partial charge in [0.2, 0.25) is 5.91 Å². The molecule has 0 radical (unpaired) electrons. The average molecular weight is 401 g/mol. The number of carbonyl (C=O) groups excluding carboxylic acids is 1. The van der Waals surface area contributed by atoms with Gasteiger partial charge in [-0.2, -0.15) is 0 Å². The maximum Gasteiger partial charge on any atom is 0.235 e. The number of amides is 1. The smallest absolute Gasteiger partial charge is 0.235 e. The second-order valence-electron chi connectivity index (χ2n) is 7.14. The van der Waals surface area contributed by atoms with Crippen molar-refractivity contribution >= 4 is 17.2 Å². The maximum absolute atomic E-state index is 13.9. The number of nitrogens with zero attached hydrogens (tertiary/aromatic N) is 2. The van der Waals surface area contributed by atoms with Gasteiger partial charge < -0.3 is 9.47 Å². The lowest BCUT2D eigenvalue weighted by atomic mass is 9.90. The van der Waals surface area contributed by atoms with Crippen molar-refractivity contribution in [3.63, 3.8) is 0 Å². The monoisotopic (exact) mass is 400 g/mol. The molecule has 0 fully saturated rings. The topological polar surface area (TPSA) is 25.2 Å². The van der Waals surface area contributed by atoms with Gasteiger partial charge >= 0.3 is 0 Å². The standard InChI is InChI=1S/C25H24N2OS/c1-26-16-8-14-22(26)18-27(19-23-15-9-17-29-23)25(28)24(20-10-4-2-5-11-20)21-12-6-3-7-13-21/h2-17,24H,18-19H2,1H3. The fourth-order valence-electron chi connectivity index (χ4n) is 3.61. The minimum Gasteiger partial charge on any atom is -0.353 e. The van der Waals surface area contributed by atoms with Gasteiger partial charge in [-0.1, -0.05) is 66.7 Å². The van der Waals surface area contributed by atoms with E-state index in [1.54, 1.807) is 11.3 Å². The molecule has 0 aliphatic carbocycles. The molecule has 0 atom stereocenters. The van der Waals surface area contributed by atoms with E-state index in [0.29, 0.717) is 13.1 Å². The summed E-state index contributed by atoms with van der Waals surface area (Å²) in [5, 5.41) is 2.06. The third-order valence-electron chi connectivity index (χ3n) is 5.16. The number of hydrogen-bond acceptors (Lipinski definition) is 2. The van der Waals surface area contributed by atoms with Crippen molar-refractivity contribution in [1.29, 1.82) is 0 Å². The van der Waals surface area contributed by atoms with Crippen LogP contribution in [0.25, 0.3) is 0 Å². The summed E-state index contributed by atoms with van der Waals surface area (Å²) in [6.07, 6.45) is 2.02. The molecule has 4 aromatic rings. The molecule has 0 bridgehead atoms. The highest BCUT2D eigenvalue weighted by molar-refractivity contribution is 7.09. The van der Waals surface area contributed by atoms with Crippen LogP contribution >= 0.6 is 11.3 Å². The van der Waals surface area contributed by atoms with Crippen molar-refractivity contribution < 1.29 is 4.79 Å². The van der Waals surface area contributed by atoms with Gasteiger partial charge in [0, 0.05) is 23.8 Å². The molecule has 146 valence electrons. The van der Waals surface area contributed by atoms with E-state index in [4.69, 9.17) is 0 Å². The second-order valence-corrected chi connectivity index (χ2v) is 8.17. The van der Waals surface area contributed by atoms with Gasteiger partial charge in [-0.25, -0.2) is 0 Å². The Bertz CT molecular complexity index is 999. The third-order valence-corrected chi connectivity index (χ3v) is 6.02. The molecule has 0 aliphatic rings. The molecule has 3 nitrogen and oxygen atoms in total. The molecule has 2 aromatic carbocycles. The molecular formula is C25H24N2OS. The summed E-state index contributed by atoms with van der Waals surface area (Å²) in [7, 11) is 2.02. The Hall–Kier alpha value is -3.11. The van der Waals surface area contributed by atoms with Crippen LogP contribution in [0.4, 0.5) is 0 Å². The third kappa shape index (κ3) is 4.49. The predicted molar refractivity (Wildman–Crippen MR) is 119 cm³/mol. The molecule has 2 aromatic heterocycles. The van der Waals surface area contributed by atoms with Crippen LogP contribution in [0.2, 0.25) is 0 Å². The van der Waals surface area contributed by atoms with Gasteiger partial charge in [0.05, 0.1) is 19.0 Å². The van der Waals surface area contributed by atoms with E-state index in [0.717, 1.165) is 16.8 Å². The number of carbonyl (C=O) groups is 1. The van der Waals surface area contributed by atoms with Gasteiger partial charge in [0.1, 0.15) is 0 Å². The Kier molecular flexibility index (Phi) is 5.92. The van der Waals surface area contributed by atoms with Crippen LogP contribution in [0.15, 0.2) is 96.5 Å². The molecule has 0 aliphatic heterocycles. The first-order valence-corrected chi connectivity index (χ1v) is 10.6. The van der Waals surface area contributed by atoms with E-state index >= 15 is 0 Å². The Labute approximate surface area is 175 Å². The highest BCUT2D eigenvalue weighted by Gasteiger charge is 2.28. The summed E-state index contributed by atoms with van der Waals surface area (Å²) < 4.78 is 2.08. The Morgan fingerprint density at radius 3 is 2.03 bits per heavy atom. The first-order chi connectivity index (χ1) is 14.2. The fraction of sp³-hybridized carbons (Fsp3) is 0.160. The highest BCUT2D eigenvalue weighted by atomic mass is 32.1. The lowest BCUT2D eigenvalue weighted by Gasteiger charge is -2.28. The van der Waals surface area contributed by atoms with Crippen LogP contribution in [-0.2, 0) is 24.9 Å². The van der Waals surface area contributed by atoms with Gasteiger partial charge in [-0.15, -0.1) is 11.3 Å². The number of hydrogen-bond donors (Lipinski definition) is 0. The van der Waals surface area contributed by atoms with E-state index < -0.39 is 0 Å². The van der Waals surface area contributed by atoms with Crippen molar-refractivity contribution in [2.24, 2.45) is 7.05 Å². The molecule has 0 spiro atoms. The van der Waals surface area contributed by atoms with Crippen molar-refractivity contribution in [3.05, 3.63) is 118 Å². The predicted octanol–water partition coefficient (Wildman–Crippen LogP) is 5.45. The van der Waals surface area contributed by atoms with Crippen LogP contribution in [0.5, 0.6) is 0 Å². The van der Waals surface area contributed by atoms with Crippen LogP contribution in [0.3, 0.4) is 0 Å². The minimum absolute atomic E-state index is 0.122.